The van der Waals surface area contributed by atoms with E-state index < -0.39 is 23.8 Å². The molecule has 3 aromatic rings. The van der Waals surface area contributed by atoms with Crippen molar-refractivity contribution in [2.45, 2.75) is 34.1 Å². The second-order valence-corrected chi connectivity index (χ2v) is 10.2. The lowest BCUT2D eigenvalue weighted by atomic mass is 10.1. The number of amides is 5. The zero-order valence-electron chi connectivity index (χ0n) is 25.4. The molecule has 1 fully saturated rings. The average molecular weight is 636 g/mol. The summed E-state index contributed by atoms with van der Waals surface area (Å²) in [6.45, 7) is 8.14. The van der Waals surface area contributed by atoms with Crippen LogP contribution in [0.3, 0.4) is 0 Å². The van der Waals surface area contributed by atoms with E-state index in [0.717, 1.165) is 16.9 Å². The minimum atomic E-state index is -0.910. The Balaban J connectivity index is 1.59. The van der Waals surface area contributed by atoms with Gasteiger partial charge < -0.3 is 24.3 Å². The third-order valence-electron chi connectivity index (χ3n) is 6.37. The first-order valence-corrected chi connectivity index (χ1v) is 14.8. The fourth-order valence-corrected chi connectivity index (χ4v) is 4.61. The summed E-state index contributed by atoms with van der Waals surface area (Å²) in [4.78, 5) is 52.5. The Hall–Kier alpha value is -5.03. The molecular formula is C33H34ClN3O8. The Bertz CT molecular complexity index is 1620. The van der Waals surface area contributed by atoms with E-state index in [-0.39, 0.29) is 41.0 Å². The van der Waals surface area contributed by atoms with Gasteiger partial charge in [-0.15, -0.1) is 0 Å². The van der Waals surface area contributed by atoms with Crippen LogP contribution in [-0.2, 0) is 14.4 Å². The summed E-state index contributed by atoms with van der Waals surface area (Å²) < 4.78 is 22.8. The van der Waals surface area contributed by atoms with Crippen LogP contribution in [0.25, 0.3) is 6.08 Å². The molecule has 1 saturated heterocycles. The SMILES string of the molecule is CCCOc1ccc(N2C(=O)NC(=O)/C(=C\c3cc(Cl)c(OCC(=O)Nc4ccc(C)cc4)c(OCC)c3)C2=O)cc1OCC. The van der Waals surface area contributed by atoms with Gasteiger partial charge in [0.2, 0.25) is 0 Å². The van der Waals surface area contributed by atoms with Gasteiger partial charge in [0.1, 0.15) is 5.57 Å². The number of halogens is 1. The molecule has 236 valence electrons. The number of imide groups is 2. The van der Waals surface area contributed by atoms with Crippen LogP contribution in [0.2, 0.25) is 5.02 Å². The van der Waals surface area contributed by atoms with Crippen LogP contribution in [0.4, 0.5) is 16.2 Å². The highest BCUT2D eigenvalue weighted by Gasteiger charge is 2.37. The lowest BCUT2D eigenvalue weighted by Gasteiger charge is -2.27. The summed E-state index contributed by atoms with van der Waals surface area (Å²) in [5.74, 6) is -1.01. The van der Waals surface area contributed by atoms with Crippen LogP contribution in [0, 0.1) is 6.92 Å². The van der Waals surface area contributed by atoms with Gasteiger partial charge in [0.25, 0.3) is 17.7 Å². The van der Waals surface area contributed by atoms with Crippen molar-refractivity contribution < 1.29 is 38.1 Å². The summed E-state index contributed by atoms with van der Waals surface area (Å²) in [5.41, 5.74) is 1.87. The van der Waals surface area contributed by atoms with Crippen LogP contribution >= 0.6 is 11.6 Å². The third-order valence-corrected chi connectivity index (χ3v) is 6.66. The van der Waals surface area contributed by atoms with Crippen LogP contribution in [0.1, 0.15) is 38.3 Å². The number of hydrogen-bond donors (Lipinski definition) is 2. The minimum Gasteiger partial charge on any atom is -0.490 e. The monoisotopic (exact) mass is 635 g/mol. The normalized spacial score (nSPS) is 13.8. The summed E-state index contributed by atoms with van der Waals surface area (Å²) in [6, 6.07) is 14.0. The largest absolute Gasteiger partial charge is 0.490 e. The molecule has 0 bridgehead atoms. The second-order valence-electron chi connectivity index (χ2n) is 9.84. The highest BCUT2D eigenvalue weighted by molar-refractivity contribution is 6.39. The van der Waals surface area contributed by atoms with Crippen molar-refractivity contribution in [3.63, 3.8) is 0 Å². The molecule has 0 atom stereocenters. The van der Waals surface area contributed by atoms with Crippen molar-refractivity contribution in [3.8, 4) is 23.0 Å². The summed E-state index contributed by atoms with van der Waals surface area (Å²) in [5, 5.41) is 5.03. The second kappa shape index (κ2) is 15.1. The molecule has 45 heavy (non-hydrogen) atoms. The number of hydrogen-bond acceptors (Lipinski definition) is 8. The number of ether oxygens (including phenoxy) is 4. The molecule has 2 N–H and O–H groups in total. The molecule has 4 rings (SSSR count). The van der Waals surface area contributed by atoms with E-state index in [2.05, 4.69) is 10.6 Å². The van der Waals surface area contributed by atoms with E-state index in [9.17, 15) is 19.2 Å². The quantitative estimate of drug-likeness (QED) is 0.175. The van der Waals surface area contributed by atoms with E-state index in [1.54, 1.807) is 32.0 Å². The van der Waals surface area contributed by atoms with Crippen LogP contribution in [0.5, 0.6) is 23.0 Å². The zero-order chi connectivity index (χ0) is 32.5. The van der Waals surface area contributed by atoms with Crippen molar-refractivity contribution in [2.75, 3.05) is 36.6 Å². The van der Waals surface area contributed by atoms with Crippen LogP contribution < -0.4 is 34.5 Å². The lowest BCUT2D eigenvalue weighted by molar-refractivity contribution is -0.122. The van der Waals surface area contributed by atoms with E-state index in [4.69, 9.17) is 30.5 Å². The number of anilines is 2. The fraction of sp³-hybridized carbons (Fsp3) is 0.273. The predicted molar refractivity (Wildman–Crippen MR) is 170 cm³/mol. The lowest BCUT2D eigenvalue weighted by Crippen LogP contribution is -2.54. The highest BCUT2D eigenvalue weighted by Crippen LogP contribution is 2.38. The maximum atomic E-state index is 13.6. The zero-order valence-corrected chi connectivity index (χ0v) is 26.2. The Morgan fingerprint density at radius 3 is 2.29 bits per heavy atom. The van der Waals surface area contributed by atoms with Gasteiger partial charge in [0.15, 0.2) is 29.6 Å². The number of carbonyl (C=O) groups is 4. The molecule has 0 aromatic heterocycles. The molecule has 0 saturated carbocycles. The first kappa shape index (κ1) is 32.9. The number of nitrogens with zero attached hydrogens (tertiary/aromatic N) is 1. The van der Waals surface area contributed by atoms with Crippen molar-refractivity contribution in [1.29, 1.82) is 0 Å². The Morgan fingerprint density at radius 1 is 0.889 bits per heavy atom. The predicted octanol–water partition coefficient (Wildman–Crippen LogP) is 5.92. The number of nitrogens with one attached hydrogen (secondary N) is 2. The standard InChI is InChI=1S/C33H34ClN3O8/c1-5-14-44-26-13-12-23(18-27(26)42-6-2)37-32(40)24(31(39)36-33(37)41)15-21-16-25(34)30(28(17-21)43-7-3)45-19-29(38)35-22-10-8-20(4)9-11-22/h8-13,15-18H,5-7,14,19H2,1-4H3,(H,35,38)(H,36,39,41)/b24-15+. The topological polar surface area (TPSA) is 132 Å². The molecule has 5 amide bonds. The summed E-state index contributed by atoms with van der Waals surface area (Å²) in [6.07, 6.45) is 2.07. The number of rotatable bonds is 13. The van der Waals surface area contributed by atoms with Gasteiger partial charge in [0, 0.05) is 11.8 Å². The highest BCUT2D eigenvalue weighted by atomic mass is 35.5. The van der Waals surface area contributed by atoms with Gasteiger partial charge in [-0.05, 0) is 75.2 Å². The number of benzene rings is 3. The third kappa shape index (κ3) is 8.12. The first-order chi connectivity index (χ1) is 21.6. The molecule has 12 heteroatoms. The summed E-state index contributed by atoms with van der Waals surface area (Å²) >= 11 is 6.53. The Kier molecular flexibility index (Phi) is 11.0. The molecule has 0 spiro atoms. The van der Waals surface area contributed by atoms with Gasteiger partial charge in [-0.1, -0.05) is 36.2 Å². The van der Waals surface area contributed by atoms with E-state index in [1.165, 1.54) is 30.3 Å². The molecule has 1 aliphatic rings. The van der Waals surface area contributed by atoms with Gasteiger partial charge in [-0.25, -0.2) is 9.69 Å². The van der Waals surface area contributed by atoms with Gasteiger partial charge in [0.05, 0.1) is 30.5 Å². The number of aryl methyl sites for hydroxylation is 1. The number of carbonyl (C=O) groups excluding carboxylic acids is 4. The van der Waals surface area contributed by atoms with Crippen molar-refractivity contribution in [2.24, 2.45) is 0 Å². The smallest absolute Gasteiger partial charge is 0.335 e. The van der Waals surface area contributed by atoms with Crippen LogP contribution in [-0.4, -0.2) is 50.2 Å². The van der Waals surface area contributed by atoms with Crippen LogP contribution in [0.15, 0.2) is 60.2 Å². The van der Waals surface area contributed by atoms with Crippen molar-refractivity contribution >= 4 is 52.8 Å². The van der Waals surface area contributed by atoms with Gasteiger partial charge in [-0.2, -0.15) is 0 Å². The Morgan fingerprint density at radius 2 is 1.60 bits per heavy atom. The maximum Gasteiger partial charge on any atom is 0.335 e. The average Bonchev–Trinajstić information content (AvgIpc) is 3.00. The van der Waals surface area contributed by atoms with E-state index in [0.29, 0.717) is 36.0 Å². The number of urea groups is 1. The molecule has 3 aromatic carbocycles. The molecule has 0 radical (unpaired) electrons. The summed E-state index contributed by atoms with van der Waals surface area (Å²) in [7, 11) is 0. The molecule has 11 nitrogen and oxygen atoms in total. The number of barbiturate groups is 1. The first-order valence-electron chi connectivity index (χ1n) is 14.4. The molecule has 0 aliphatic carbocycles. The molecular weight excluding hydrogens is 602 g/mol. The molecule has 1 heterocycles. The van der Waals surface area contributed by atoms with Gasteiger partial charge in [-0.3, -0.25) is 19.7 Å². The minimum absolute atomic E-state index is 0.0801. The maximum absolute atomic E-state index is 13.6. The van der Waals surface area contributed by atoms with E-state index >= 15 is 0 Å². The van der Waals surface area contributed by atoms with E-state index in [1.807, 2.05) is 26.0 Å². The van der Waals surface area contributed by atoms with Crippen molar-refractivity contribution in [1.82, 2.24) is 5.32 Å². The van der Waals surface area contributed by atoms with Crippen molar-refractivity contribution in [3.05, 3.63) is 76.3 Å². The fourth-order valence-electron chi connectivity index (χ4n) is 4.34. The Labute approximate surface area is 266 Å². The molecule has 1 aliphatic heterocycles. The molecule has 0 unspecified atom stereocenters. The van der Waals surface area contributed by atoms with Gasteiger partial charge >= 0.3 is 6.03 Å².